The lowest BCUT2D eigenvalue weighted by Crippen LogP contribution is -2.38. The number of ketones is 1. The Kier molecular flexibility index (Phi) is 5.09. The van der Waals surface area contributed by atoms with Crippen molar-refractivity contribution in [2.24, 2.45) is 0 Å². The molecular weight excluding hydrogens is 224 g/mol. The molecule has 1 N–H and O–H groups in total. The Morgan fingerprint density at radius 2 is 1.67 bits per heavy atom. The quantitative estimate of drug-likeness (QED) is 0.837. The second kappa shape index (κ2) is 6.14. The van der Waals surface area contributed by atoms with Crippen molar-refractivity contribution < 1.29 is 9.90 Å². The normalized spacial score (nSPS) is 11.9. The van der Waals surface area contributed by atoms with E-state index in [1.807, 2.05) is 26.0 Å². The van der Waals surface area contributed by atoms with E-state index in [2.05, 4.69) is 26.0 Å². The van der Waals surface area contributed by atoms with Gasteiger partial charge in [0.1, 0.15) is 5.60 Å². The molecule has 0 saturated carbocycles. The first-order chi connectivity index (χ1) is 8.42. The van der Waals surface area contributed by atoms with Crippen LogP contribution >= 0.6 is 0 Å². The Bertz CT molecular complexity index is 386. The Balaban J connectivity index is 2.76. The summed E-state index contributed by atoms with van der Waals surface area (Å²) in [6.07, 6.45) is 1.27. The van der Waals surface area contributed by atoms with Gasteiger partial charge in [0, 0.05) is 6.42 Å². The van der Waals surface area contributed by atoms with E-state index < -0.39 is 5.60 Å². The summed E-state index contributed by atoms with van der Waals surface area (Å²) in [5.41, 5.74) is 1.09. The van der Waals surface area contributed by atoms with Crippen molar-refractivity contribution in [1.29, 1.82) is 0 Å². The maximum atomic E-state index is 12.1. The van der Waals surface area contributed by atoms with Crippen molar-refractivity contribution in [1.82, 2.24) is 0 Å². The number of carbonyl (C=O) groups is 1. The number of hydrogen-bond acceptors (Lipinski definition) is 2. The number of Topliss-reactive ketones (excluding diaryl/α,β-unsaturated/α-hetero) is 1. The average Bonchev–Trinajstić information content (AvgIpc) is 2.38. The molecule has 0 radical (unpaired) electrons. The van der Waals surface area contributed by atoms with Crippen molar-refractivity contribution in [3.05, 3.63) is 35.4 Å². The first kappa shape index (κ1) is 14.9. The molecule has 0 bridgehead atoms. The van der Waals surface area contributed by atoms with Crippen LogP contribution in [0.5, 0.6) is 0 Å². The van der Waals surface area contributed by atoms with E-state index in [4.69, 9.17) is 0 Å². The lowest BCUT2D eigenvalue weighted by atomic mass is 9.88. The highest BCUT2D eigenvalue weighted by molar-refractivity contribution is 5.88. The zero-order valence-corrected chi connectivity index (χ0v) is 11.9. The van der Waals surface area contributed by atoms with Gasteiger partial charge in [-0.05, 0) is 29.9 Å². The van der Waals surface area contributed by atoms with E-state index in [0.717, 1.165) is 5.56 Å². The molecule has 2 nitrogen and oxygen atoms in total. The van der Waals surface area contributed by atoms with Crippen molar-refractivity contribution in [3.8, 4) is 0 Å². The van der Waals surface area contributed by atoms with Gasteiger partial charge in [0.2, 0.25) is 0 Å². The molecule has 2 heteroatoms. The Hall–Kier alpha value is -1.15. The Morgan fingerprint density at radius 3 is 2.06 bits per heavy atom. The van der Waals surface area contributed by atoms with Gasteiger partial charge in [-0.15, -0.1) is 0 Å². The molecule has 0 fully saturated rings. The summed E-state index contributed by atoms with van der Waals surface area (Å²) in [4.78, 5) is 12.1. The van der Waals surface area contributed by atoms with Crippen LogP contribution in [0.4, 0.5) is 0 Å². The summed E-state index contributed by atoms with van der Waals surface area (Å²) in [6.45, 7) is 7.99. The van der Waals surface area contributed by atoms with Gasteiger partial charge in [-0.3, -0.25) is 4.79 Å². The molecule has 0 unspecified atom stereocenters. The first-order valence-electron chi connectivity index (χ1n) is 6.77. The molecule has 0 aromatic heterocycles. The van der Waals surface area contributed by atoms with E-state index in [0.29, 0.717) is 25.2 Å². The van der Waals surface area contributed by atoms with Gasteiger partial charge < -0.3 is 5.11 Å². The third-order valence-corrected chi connectivity index (χ3v) is 3.70. The maximum absolute atomic E-state index is 12.1. The minimum atomic E-state index is -1.16. The van der Waals surface area contributed by atoms with E-state index in [-0.39, 0.29) is 5.78 Å². The van der Waals surface area contributed by atoms with Gasteiger partial charge in [-0.1, -0.05) is 52.0 Å². The average molecular weight is 248 g/mol. The molecule has 0 saturated heterocycles. The van der Waals surface area contributed by atoms with Crippen molar-refractivity contribution in [3.63, 3.8) is 0 Å². The Labute approximate surface area is 110 Å². The van der Waals surface area contributed by atoms with Crippen LogP contribution in [0.3, 0.4) is 0 Å². The smallest absolute Gasteiger partial charge is 0.168 e. The molecular formula is C16H24O2. The van der Waals surface area contributed by atoms with Crippen LogP contribution in [0, 0.1) is 0 Å². The van der Waals surface area contributed by atoms with Crippen LogP contribution < -0.4 is 0 Å². The topological polar surface area (TPSA) is 37.3 Å². The molecule has 1 rings (SSSR count). The predicted molar refractivity (Wildman–Crippen MR) is 74.8 cm³/mol. The molecule has 0 amide bonds. The SMILES string of the molecule is CCC(O)(CC)C(=O)Cc1ccc(C(C)C)cc1. The molecule has 0 heterocycles. The fourth-order valence-corrected chi connectivity index (χ4v) is 2.01. The summed E-state index contributed by atoms with van der Waals surface area (Å²) in [5, 5.41) is 10.2. The molecule has 100 valence electrons. The van der Waals surface area contributed by atoms with Gasteiger partial charge in [0.25, 0.3) is 0 Å². The molecule has 1 aromatic rings. The second-order valence-corrected chi connectivity index (χ2v) is 5.23. The Morgan fingerprint density at radius 1 is 1.17 bits per heavy atom. The number of aliphatic hydroxyl groups is 1. The number of rotatable bonds is 6. The summed E-state index contributed by atoms with van der Waals surface area (Å²) in [5.74, 6) is 0.419. The zero-order chi connectivity index (χ0) is 13.8. The maximum Gasteiger partial charge on any atom is 0.168 e. The van der Waals surface area contributed by atoms with E-state index in [9.17, 15) is 9.90 Å². The van der Waals surface area contributed by atoms with Gasteiger partial charge in [-0.25, -0.2) is 0 Å². The van der Waals surface area contributed by atoms with Crippen molar-refractivity contribution >= 4 is 5.78 Å². The lowest BCUT2D eigenvalue weighted by molar-refractivity contribution is -0.137. The third kappa shape index (κ3) is 3.42. The number of hydrogen-bond donors (Lipinski definition) is 1. The minimum absolute atomic E-state index is 0.0789. The van der Waals surface area contributed by atoms with E-state index in [1.54, 1.807) is 0 Å². The fraction of sp³-hybridized carbons (Fsp3) is 0.562. The lowest BCUT2D eigenvalue weighted by Gasteiger charge is -2.23. The fourth-order valence-electron chi connectivity index (χ4n) is 2.01. The van der Waals surface area contributed by atoms with Gasteiger partial charge in [0.05, 0.1) is 0 Å². The van der Waals surface area contributed by atoms with Crippen LogP contribution in [0.2, 0.25) is 0 Å². The minimum Gasteiger partial charge on any atom is -0.382 e. The third-order valence-electron chi connectivity index (χ3n) is 3.70. The standard InChI is InChI=1S/C16H24O2/c1-5-16(18,6-2)15(17)11-13-7-9-14(10-8-13)12(3)4/h7-10,12,18H,5-6,11H2,1-4H3. The highest BCUT2D eigenvalue weighted by Gasteiger charge is 2.31. The van der Waals surface area contributed by atoms with Crippen LogP contribution in [0.15, 0.2) is 24.3 Å². The van der Waals surface area contributed by atoms with Crippen LogP contribution in [-0.2, 0) is 11.2 Å². The molecule has 0 spiro atoms. The largest absolute Gasteiger partial charge is 0.382 e. The van der Waals surface area contributed by atoms with Crippen LogP contribution in [0.1, 0.15) is 57.6 Å². The van der Waals surface area contributed by atoms with E-state index >= 15 is 0 Å². The van der Waals surface area contributed by atoms with Gasteiger partial charge >= 0.3 is 0 Å². The van der Waals surface area contributed by atoms with Gasteiger partial charge in [-0.2, -0.15) is 0 Å². The molecule has 1 aromatic carbocycles. The molecule has 0 aliphatic rings. The van der Waals surface area contributed by atoms with Crippen molar-refractivity contribution in [2.45, 2.75) is 58.5 Å². The molecule has 0 aliphatic carbocycles. The second-order valence-electron chi connectivity index (χ2n) is 5.23. The highest BCUT2D eigenvalue weighted by atomic mass is 16.3. The first-order valence-corrected chi connectivity index (χ1v) is 6.77. The van der Waals surface area contributed by atoms with Crippen molar-refractivity contribution in [2.75, 3.05) is 0 Å². The number of benzene rings is 1. The molecule has 0 atom stereocenters. The molecule has 18 heavy (non-hydrogen) atoms. The highest BCUT2D eigenvalue weighted by Crippen LogP contribution is 2.20. The summed E-state index contributed by atoms with van der Waals surface area (Å²) in [7, 11) is 0. The van der Waals surface area contributed by atoms with Crippen LogP contribution in [0.25, 0.3) is 0 Å². The summed E-state index contributed by atoms with van der Waals surface area (Å²) >= 11 is 0. The zero-order valence-electron chi connectivity index (χ0n) is 11.9. The van der Waals surface area contributed by atoms with E-state index in [1.165, 1.54) is 5.56 Å². The summed E-state index contributed by atoms with van der Waals surface area (Å²) in [6, 6.07) is 8.09. The summed E-state index contributed by atoms with van der Waals surface area (Å²) < 4.78 is 0. The number of carbonyl (C=O) groups excluding carboxylic acids is 1. The van der Waals surface area contributed by atoms with Crippen LogP contribution in [-0.4, -0.2) is 16.5 Å². The van der Waals surface area contributed by atoms with Gasteiger partial charge in [0.15, 0.2) is 5.78 Å². The monoisotopic (exact) mass is 248 g/mol. The molecule has 0 aliphatic heterocycles. The predicted octanol–water partition coefficient (Wildman–Crippen LogP) is 3.47.